The standard InChI is InChI=1S/C19H27ClN2O2/c20-17-7-5-16(6-8-17)19(24)9-13-21(14-10-19)15-18(23)22-11-3-1-2-4-12-22/h5-8,24H,1-4,9-15H2. The first-order chi connectivity index (χ1) is 11.6. The average Bonchev–Trinajstić information content (AvgIpc) is 2.87. The Morgan fingerprint density at radius 2 is 1.58 bits per heavy atom. The third-order valence-corrected chi connectivity index (χ3v) is 5.63. The molecule has 24 heavy (non-hydrogen) atoms. The van der Waals surface area contributed by atoms with Crippen LogP contribution in [0.1, 0.15) is 44.1 Å². The molecule has 5 heteroatoms. The maximum atomic E-state index is 12.5. The summed E-state index contributed by atoms with van der Waals surface area (Å²) in [6.07, 6.45) is 6.04. The zero-order valence-corrected chi connectivity index (χ0v) is 15.0. The lowest BCUT2D eigenvalue weighted by Gasteiger charge is -2.38. The Morgan fingerprint density at radius 1 is 1.00 bits per heavy atom. The van der Waals surface area contributed by atoms with E-state index in [-0.39, 0.29) is 5.91 Å². The number of rotatable bonds is 3. The lowest BCUT2D eigenvalue weighted by atomic mass is 9.84. The fourth-order valence-corrected chi connectivity index (χ4v) is 3.87. The molecule has 0 unspecified atom stereocenters. The number of hydrogen-bond acceptors (Lipinski definition) is 3. The molecule has 0 bridgehead atoms. The number of hydrogen-bond donors (Lipinski definition) is 1. The van der Waals surface area contributed by atoms with Crippen LogP contribution in [0.3, 0.4) is 0 Å². The number of carbonyl (C=O) groups is 1. The SMILES string of the molecule is O=C(CN1CCC(O)(c2ccc(Cl)cc2)CC1)N1CCCCCC1. The molecule has 0 saturated carbocycles. The van der Waals surface area contributed by atoms with E-state index in [1.165, 1.54) is 12.8 Å². The molecule has 2 fully saturated rings. The molecule has 2 aliphatic rings. The highest BCUT2D eigenvalue weighted by Gasteiger charge is 2.34. The Kier molecular flexibility index (Phi) is 5.80. The van der Waals surface area contributed by atoms with Crippen LogP contribution in [0.5, 0.6) is 0 Å². The van der Waals surface area contributed by atoms with Gasteiger partial charge in [0.1, 0.15) is 0 Å². The molecule has 1 amide bonds. The molecule has 2 heterocycles. The molecule has 1 aromatic carbocycles. The van der Waals surface area contributed by atoms with Crippen LogP contribution in [0.2, 0.25) is 5.02 Å². The highest BCUT2D eigenvalue weighted by atomic mass is 35.5. The Labute approximate surface area is 149 Å². The molecular weight excluding hydrogens is 324 g/mol. The number of halogens is 1. The normalized spacial score (nSPS) is 22.2. The summed E-state index contributed by atoms with van der Waals surface area (Å²) in [6.45, 7) is 3.79. The lowest BCUT2D eigenvalue weighted by molar-refractivity contribution is -0.133. The fourth-order valence-electron chi connectivity index (χ4n) is 3.74. The monoisotopic (exact) mass is 350 g/mol. The van der Waals surface area contributed by atoms with Gasteiger partial charge in [0.2, 0.25) is 5.91 Å². The molecule has 0 radical (unpaired) electrons. The molecule has 2 saturated heterocycles. The van der Waals surface area contributed by atoms with E-state index in [0.29, 0.717) is 24.4 Å². The zero-order valence-electron chi connectivity index (χ0n) is 14.2. The molecule has 1 N–H and O–H groups in total. The van der Waals surface area contributed by atoms with Gasteiger partial charge >= 0.3 is 0 Å². The average molecular weight is 351 g/mol. The first-order valence-electron chi connectivity index (χ1n) is 9.05. The van der Waals surface area contributed by atoms with E-state index < -0.39 is 5.60 Å². The van der Waals surface area contributed by atoms with Gasteiger partial charge in [0.25, 0.3) is 0 Å². The number of nitrogens with zero attached hydrogens (tertiary/aromatic N) is 2. The second kappa shape index (κ2) is 7.85. The van der Waals surface area contributed by atoms with Crippen LogP contribution in [-0.4, -0.2) is 53.5 Å². The minimum absolute atomic E-state index is 0.244. The molecule has 0 spiro atoms. The number of carbonyl (C=O) groups excluding carboxylic acids is 1. The van der Waals surface area contributed by atoms with Crippen LogP contribution in [0.25, 0.3) is 0 Å². The summed E-state index contributed by atoms with van der Waals surface area (Å²) in [4.78, 5) is 16.7. The fraction of sp³-hybridized carbons (Fsp3) is 0.632. The third kappa shape index (κ3) is 4.29. The van der Waals surface area contributed by atoms with Gasteiger partial charge in [-0.25, -0.2) is 0 Å². The van der Waals surface area contributed by atoms with Gasteiger partial charge in [0.05, 0.1) is 12.1 Å². The quantitative estimate of drug-likeness (QED) is 0.911. The van der Waals surface area contributed by atoms with Crippen molar-refractivity contribution in [3.63, 3.8) is 0 Å². The van der Waals surface area contributed by atoms with E-state index in [4.69, 9.17) is 11.6 Å². The number of likely N-dealkylation sites (tertiary alicyclic amines) is 2. The Balaban J connectivity index is 1.52. The summed E-state index contributed by atoms with van der Waals surface area (Å²) in [5.41, 5.74) is 0.123. The molecule has 3 rings (SSSR count). The minimum Gasteiger partial charge on any atom is -0.385 e. The number of piperidine rings is 1. The summed E-state index contributed by atoms with van der Waals surface area (Å²) in [7, 11) is 0. The Bertz CT molecular complexity index is 545. The number of amides is 1. The van der Waals surface area contributed by atoms with E-state index in [9.17, 15) is 9.90 Å². The molecule has 0 atom stereocenters. The van der Waals surface area contributed by atoms with E-state index in [1.54, 1.807) is 0 Å². The topological polar surface area (TPSA) is 43.8 Å². The largest absolute Gasteiger partial charge is 0.385 e. The molecule has 132 valence electrons. The van der Waals surface area contributed by atoms with Crippen LogP contribution in [0.4, 0.5) is 0 Å². The Hall–Kier alpha value is -1.10. The van der Waals surface area contributed by atoms with Crippen LogP contribution in [-0.2, 0) is 10.4 Å². The van der Waals surface area contributed by atoms with Crippen molar-refractivity contribution in [3.05, 3.63) is 34.9 Å². The van der Waals surface area contributed by atoms with Crippen molar-refractivity contribution in [2.45, 2.75) is 44.1 Å². The van der Waals surface area contributed by atoms with Gasteiger partial charge in [0.15, 0.2) is 0 Å². The van der Waals surface area contributed by atoms with Gasteiger partial charge in [-0.05, 0) is 43.4 Å². The maximum Gasteiger partial charge on any atom is 0.236 e. The number of benzene rings is 1. The van der Waals surface area contributed by atoms with Crippen LogP contribution >= 0.6 is 11.6 Å². The van der Waals surface area contributed by atoms with Gasteiger partial charge in [-0.2, -0.15) is 0 Å². The minimum atomic E-state index is -0.799. The van der Waals surface area contributed by atoms with Gasteiger partial charge in [-0.3, -0.25) is 9.69 Å². The zero-order chi connectivity index (χ0) is 17.0. The summed E-state index contributed by atoms with van der Waals surface area (Å²) < 4.78 is 0. The van der Waals surface area contributed by atoms with Crippen molar-refractivity contribution in [1.29, 1.82) is 0 Å². The van der Waals surface area contributed by atoms with Gasteiger partial charge < -0.3 is 10.0 Å². The molecule has 1 aromatic rings. The van der Waals surface area contributed by atoms with Gasteiger partial charge in [0, 0.05) is 31.2 Å². The molecule has 4 nitrogen and oxygen atoms in total. The van der Waals surface area contributed by atoms with Crippen molar-refractivity contribution in [1.82, 2.24) is 9.80 Å². The number of aliphatic hydroxyl groups is 1. The predicted octanol–water partition coefficient (Wildman–Crippen LogP) is 3.03. The second-order valence-corrected chi connectivity index (χ2v) is 7.55. The van der Waals surface area contributed by atoms with Crippen molar-refractivity contribution in [3.8, 4) is 0 Å². The van der Waals surface area contributed by atoms with E-state index in [1.807, 2.05) is 29.2 Å². The summed E-state index contributed by atoms with van der Waals surface area (Å²) >= 11 is 5.93. The second-order valence-electron chi connectivity index (χ2n) is 7.11. The molecular formula is C19H27ClN2O2. The van der Waals surface area contributed by atoms with Gasteiger partial charge in [-0.1, -0.05) is 36.6 Å². The van der Waals surface area contributed by atoms with Crippen molar-refractivity contribution in [2.24, 2.45) is 0 Å². The highest BCUT2D eigenvalue weighted by molar-refractivity contribution is 6.30. The van der Waals surface area contributed by atoms with E-state index in [2.05, 4.69) is 4.90 Å². The predicted molar refractivity (Wildman–Crippen MR) is 96.1 cm³/mol. The maximum absolute atomic E-state index is 12.5. The highest BCUT2D eigenvalue weighted by Crippen LogP contribution is 2.33. The van der Waals surface area contributed by atoms with Gasteiger partial charge in [-0.15, -0.1) is 0 Å². The van der Waals surface area contributed by atoms with Crippen LogP contribution in [0, 0.1) is 0 Å². The first-order valence-corrected chi connectivity index (χ1v) is 9.43. The molecule has 0 aliphatic carbocycles. The van der Waals surface area contributed by atoms with Crippen molar-refractivity contribution >= 4 is 17.5 Å². The summed E-state index contributed by atoms with van der Waals surface area (Å²) in [5, 5.41) is 11.6. The van der Waals surface area contributed by atoms with Crippen molar-refractivity contribution < 1.29 is 9.90 Å². The van der Waals surface area contributed by atoms with Crippen LogP contribution < -0.4 is 0 Å². The first kappa shape index (κ1) is 17.7. The third-order valence-electron chi connectivity index (χ3n) is 5.38. The summed E-state index contributed by atoms with van der Waals surface area (Å²) in [5.74, 6) is 0.244. The summed E-state index contributed by atoms with van der Waals surface area (Å²) in [6, 6.07) is 7.45. The lowest BCUT2D eigenvalue weighted by Crippen LogP contribution is -2.47. The van der Waals surface area contributed by atoms with E-state index in [0.717, 1.165) is 44.6 Å². The van der Waals surface area contributed by atoms with Crippen molar-refractivity contribution in [2.75, 3.05) is 32.7 Å². The smallest absolute Gasteiger partial charge is 0.236 e. The Morgan fingerprint density at radius 3 is 2.17 bits per heavy atom. The van der Waals surface area contributed by atoms with E-state index >= 15 is 0 Å². The molecule has 0 aromatic heterocycles. The molecule has 2 aliphatic heterocycles. The van der Waals surface area contributed by atoms with Crippen LogP contribution in [0.15, 0.2) is 24.3 Å².